The van der Waals surface area contributed by atoms with Crippen LogP contribution in [-0.4, -0.2) is 34.5 Å². The number of nitrogens with one attached hydrogen (secondary N) is 1. The average Bonchev–Trinajstić information content (AvgIpc) is 2.97. The van der Waals surface area contributed by atoms with Gasteiger partial charge >= 0.3 is 5.69 Å². The van der Waals surface area contributed by atoms with Crippen LogP contribution in [0.25, 0.3) is 0 Å². The van der Waals surface area contributed by atoms with Crippen molar-refractivity contribution >= 4 is 11.5 Å². The van der Waals surface area contributed by atoms with Crippen molar-refractivity contribution in [3.8, 4) is 0 Å². The highest BCUT2D eigenvalue weighted by Crippen LogP contribution is 2.28. The Morgan fingerprint density at radius 3 is 3.00 bits per heavy atom. The molecule has 1 atom stereocenters. The zero-order chi connectivity index (χ0) is 13.8. The summed E-state index contributed by atoms with van der Waals surface area (Å²) in [6.07, 6.45) is 2.04. The molecule has 19 heavy (non-hydrogen) atoms. The Bertz CT molecular complexity index is 452. The second-order valence-corrected chi connectivity index (χ2v) is 4.80. The van der Waals surface area contributed by atoms with E-state index in [9.17, 15) is 10.1 Å². The number of anilines is 1. The lowest BCUT2D eigenvalue weighted by atomic mass is 10.1. The van der Waals surface area contributed by atoms with Crippen LogP contribution in [0.15, 0.2) is 0 Å². The summed E-state index contributed by atoms with van der Waals surface area (Å²) < 4.78 is 6.97. The van der Waals surface area contributed by atoms with Crippen molar-refractivity contribution in [2.24, 2.45) is 5.92 Å². The molecule has 2 heterocycles. The quantitative estimate of drug-likeness (QED) is 0.630. The van der Waals surface area contributed by atoms with Gasteiger partial charge in [-0.25, -0.2) is 4.68 Å². The highest BCUT2D eigenvalue weighted by Gasteiger charge is 2.25. The van der Waals surface area contributed by atoms with Crippen molar-refractivity contribution in [2.45, 2.75) is 33.2 Å². The Morgan fingerprint density at radius 1 is 1.63 bits per heavy atom. The van der Waals surface area contributed by atoms with Gasteiger partial charge in [-0.05, 0) is 32.6 Å². The molecule has 7 nitrogen and oxygen atoms in total. The molecule has 106 valence electrons. The van der Waals surface area contributed by atoms with E-state index >= 15 is 0 Å². The van der Waals surface area contributed by atoms with E-state index < -0.39 is 0 Å². The number of nitrogens with zero attached hydrogens (tertiary/aromatic N) is 3. The molecule has 1 saturated heterocycles. The van der Waals surface area contributed by atoms with E-state index in [1.165, 1.54) is 0 Å². The summed E-state index contributed by atoms with van der Waals surface area (Å²) in [5.74, 6) is 1.08. The number of aryl methyl sites for hydroxylation is 2. The highest BCUT2D eigenvalue weighted by atomic mass is 16.6. The maximum atomic E-state index is 11.1. The minimum absolute atomic E-state index is 0.0875. The fourth-order valence-corrected chi connectivity index (χ4v) is 2.40. The maximum Gasteiger partial charge on any atom is 0.333 e. The molecular formula is C12H20N4O3. The number of rotatable bonds is 6. The molecule has 0 aromatic carbocycles. The van der Waals surface area contributed by atoms with Gasteiger partial charge in [0.1, 0.15) is 5.69 Å². The van der Waals surface area contributed by atoms with Crippen LogP contribution >= 0.6 is 0 Å². The number of hydrogen-bond donors (Lipinski definition) is 1. The lowest BCUT2D eigenvalue weighted by Gasteiger charge is -2.10. The minimum Gasteiger partial charge on any atom is -0.381 e. The van der Waals surface area contributed by atoms with Crippen molar-refractivity contribution in [1.29, 1.82) is 0 Å². The molecule has 0 saturated carbocycles. The van der Waals surface area contributed by atoms with Gasteiger partial charge < -0.3 is 10.1 Å². The molecule has 0 bridgehead atoms. The number of nitro groups is 1. The second-order valence-electron chi connectivity index (χ2n) is 4.80. The topological polar surface area (TPSA) is 82.2 Å². The third kappa shape index (κ3) is 3.04. The van der Waals surface area contributed by atoms with Gasteiger partial charge in [-0.15, -0.1) is 0 Å². The first-order valence-electron chi connectivity index (χ1n) is 6.66. The van der Waals surface area contributed by atoms with Crippen LogP contribution in [-0.2, 0) is 11.3 Å². The first-order valence-corrected chi connectivity index (χ1v) is 6.66. The lowest BCUT2D eigenvalue weighted by Crippen LogP contribution is -2.13. The van der Waals surface area contributed by atoms with Gasteiger partial charge in [-0.1, -0.05) is 0 Å². The summed E-state index contributed by atoms with van der Waals surface area (Å²) in [6.45, 7) is 6.54. The van der Waals surface area contributed by atoms with Gasteiger partial charge in [-0.2, -0.15) is 5.10 Å². The minimum atomic E-state index is -0.366. The molecule has 0 spiro atoms. The molecule has 1 N–H and O–H groups in total. The summed E-state index contributed by atoms with van der Waals surface area (Å²) in [6, 6.07) is 0. The van der Waals surface area contributed by atoms with Crippen LogP contribution in [0, 0.1) is 23.0 Å². The van der Waals surface area contributed by atoms with Crippen LogP contribution in [0.5, 0.6) is 0 Å². The Labute approximate surface area is 112 Å². The van der Waals surface area contributed by atoms with Gasteiger partial charge in [0, 0.05) is 26.3 Å². The van der Waals surface area contributed by atoms with Gasteiger partial charge in [0.2, 0.25) is 5.82 Å². The SMILES string of the molecule is CCn1nc(C)c([N+](=O)[O-])c1NCCC1CCOC1. The van der Waals surface area contributed by atoms with Crippen LogP contribution < -0.4 is 5.32 Å². The molecule has 2 rings (SSSR count). The van der Waals surface area contributed by atoms with Gasteiger partial charge in [0.05, 0.1) is 4.92 Å². The zero-order valence-electron chi connectivity index (χ0n) is 11.4. The Kier molecular flexibility index (Phi) is 4.36. The molecule has 7 heteroatoms. The molecule has 0 radical (unpaired) electrons. The first-order chi connectivity index (χ1) is 9.13. The molecule has 1 aromatic heterocycles. The largest absolute Gasteiger partial charge is 0.381 e. The zero-order valence-corrected chi connectivity index (χ0v) is 11.4. The van der Waals surface area contributed by atoms with Crippen LogP contribution in [0.2, 0.25) is 0 Å². The van der Waals surface area contributed by atoms with E-state index in [0.29, 0.717) is 30.5 Å². The van der Waals surface area contributed by atoms with Crippen molar-refractivity contribution in [1.82, 2.24) is 9.78 Å². The summed E-state index contributed by atoms with van der Waals surface area (Å²) in [5, 5.41) is 18.4. The molecule has 1 aliphatic heterocycles. The third-order valence-corrected chi connectivity index (χ3v) is 3.45. The second kappa shape index (κ2) is 6.01. The summed E-state index contributed by atoms with van der Waals surface area (Å²) >= 11 is 0. The van der Waals surface area contributed by atoms with Crippen LogP contribution in [0.1, 0.15) is 25.5 Å². The summed E-state index contributed by atoms with van der Waals surface area (Å²) in [7, 11) is 0. The van der Waals surface area contributed by atoms with E-state index in [1.807, 2.05) is 6.92 Å². The monoisotopic (exact) mass is 268 g/mol. The molecular weight excluding hydrogens is 248 g/mol. The highest BCUT2D eigenvalue weighted by molar-refractivity contribution is 5.59. The standard InChI is InChI=1S/C12H20N4O3/c1-3-15-12(11(16(17)18)9(2)14-15)13-6-4-10-5-7-19-8-10/h10,13H,3-8H2,1-2H3. The van der Waals surface area contributed by atoms with Crippen molar-refractivity contribution in [3.05, 3.63) is 15.8 Å². The smallest absolute Gasteiger partial charge is 0.333 e. The molecule has 1 aromatic rings. The molecule has 1 aliphatic rings. The van der Waals surface area contributed by atoms with E-state index in [0.717, 1.165) is 26.1 Å². The number of aromatic nitrogens is 2. The predicted octanol–water partition coefficient (Wildman–Crippen LogP) is 1.96. The summed E-state index contributed by atoms with van der Waals surface area (Å²) in [5.41, 5.74) is 0.545. The molecule has 1 fully saturated rings. The predicted molar refractivity (Wildman–Crippen MR) is 71.3 cm³/mol. The molecule has 1 unspecified atom stereocenters. The average molecular weight is 268 g/mol. The van der Waals surface area contributed by atoms with Crippen molar-refractivity contribution in [3.63, 3.8) is 0 Å². The van der Waals surface area contributed by atoms with E-state index in [-0.39, 0.29) is 10.6 Å². The van der Waals surface area contributed by atoms with Crippen molar-refractivity contribution in [2.75, 3.05) is 25.1 Å². The molecule has 0 amide bonds. The van der Waals surface area contributed by atoms with Crippen molar-refractivity contribution < 1.29 is 9.66 Å². The Hall–Kier alpha value is -1.63. The Morgan fingerprint density at radius 2 is 2.42 bits per heavy atom. The molecule has 0 aliphatic carbocycles. The van der Waals surface area contributed by atoms with E-state index in [2.05, 4.69) is 10.4 Å². The maximum absolute atomic E-state index is 11.1. The van der Waals surface area contributed by atoms with Crippen LogP contribution in [0.3, 0.4) is 0 Å². The summed E-state index contributed by atoms with van der Waals surface area (Å²) in [4.78, 5) is 10.7. The van der Waals surface area contributed by atoms with E-state index in [1.54, 1.807) is 11.6 Å². The first kappa shape index (κ1) is 13.8. The normalized spacial score (nSPS) is 18.7. The van der Waals surface area contributed by atoms with Gasteiger partial charge in [-0.3, -0.25) is 10.1 Å². The fraction of sp³-hybridized carbons (Fsp3) is 0.750. The lowest BCUT2D eigenvalue weighted by molar-refractivity contribution is -0.384. The van der Waals surface area contributed by atoms with Crippen LogP contribution in [0.4, 0.5) is 11.5 Å². The van der Waals surface area contributed by atoms with Gasteiger partial charge in [0.15, 0.2) is 0 Å². The number of hydrogen-bond acceptors (Lipinski definition) is 5. The van der Waals surface area contributed by atoms with E-state index in [4.69, 9.17) is 4.74 Å². The third-order valence-electron chi connectivity index (χ3n) is 3.45. The number of ether oxygens (including phenoxy) is 1. The Balaban J connectivity index is 2.03. The fourth-order valence-electron chi connectivity index (χ4n) is 2.40. The van der Waals surface area contributed by atoms with Gasteiger partial charge in [0.25, 0.3) is 0 Å².